The summed E-state index contributed by atoms with van der Waals surface area (Å²) in [6.45, 7) is 3.56. The van der Waals surface area contributed by atoms with Gasteiger partial charge in [0.2, 0.25) is 16.8 Å². The van der Waals surface area contributed by atoms with Crippen LogP contribution in [0.15, 0.2) is 33.3 Å². The molecule has 3 heterocycles. The molecule has 9 nitrogen and oxygen atoms in total. The fourth-order valence-corrected chi connectivity index (χ4v) is 5.08. The summed E-state index contributed by atoms with van der Waals surface area (Å²) in [5, 5.41) is 8.53. The number of benzene rings is 1. The Labute approximate surface area is 169 Å². The Morgan fingerprint density at radius 2 is 2.07 bits per heavy atom. The number of aromatic nitrogens is 1. The minimum absolute atomic E-state index is 0.101. The van der Waals surface area contributed by atoms with E-state index >= 15 is 0 Å². The molecule has 1 atom stereocenters. The second-order valence-corrected chi connectivity index (χ2v) is 9.02. The lowest BCUT2D eigenvalue weighted by molar-refractivity contribution is 0.173. The predicted octanol–water partition coefficient (Wildman–Crippen LogP) is 3.44. The lowest BCUT2D eigenvalue weighted by Gasteiger charge is -2.12. The second kappa shape index (κ2) is 7.22. The maximum atomic E-state index is 12.7. The molecule has 148 valence electrons. The molecular weight excluding hydrogens is 430 g/mol. The van der Waals surface area contributed by atoms with Gasteiger partial charge in [-0.3, -0.25) is 0 Å². The van der Waals surface area contributed by atoms with Gasteiger partial charge in [0.25, 0.3) is 5.88 Å². The molecule has 0 amide bonds. The second-order valence-electron chi connectivity index (χ2n) is 5.92. The quantitative estimate of drug-likeness (QED) is 0.699. The molecule has 0 saturated carbocycles. The molecule has 0 aliphatic carbocycles. The number of rotatable bonds is 5. The van der Waals surface area contributed by atoms with Crippen molar-refractivity contribution < 1.29 is 27.3 Å². The van der Waals surface area contributed by atoms with Crippen LogP contribution in [0.3, 0.4) is 0 Å². The fraction of sp³-hybridized carbons (Fsp3) is 0.250. The Kier molecular flexibility index (Phi) is 4.89. The molecule has 0 saturated heterocycles. The Morgan fingerprint density at radius 1 is 1.32 bits per heavy atom. The number of sulfonamides is 1. The lowest BCUT2D eigenvalue weighted by Crippen LogP contribution is -2.30. The van der Waals surface area contributed by atoms with Gasteiger partial charge in [-0.2, -0.15) is 0 Å². The van der Waals surface area contributed by atoms with Crippen LogP contribution >= 0.6 is 23.4 Å². The summed E-state index contributed by atoms with van der Waals surface area (Å²) in [5.74, 6) is 1.45. The monoisotopic (exact) mass is 443 g/mol. The third kappa shape index (κ3) is 3.52. The molecule has 28 heavy (non-hydrogen) atoms. The highest BCUT2D eigenvalue weighted by Crippen LogP contribution is 2.38. The van der Waals surface area contributed by atoms with Crippen LogP contribution in [0.4, 0.5) is 5.88 Å². The molecule has 0 spiro atoms. The number of thioether (sulfide) groups is 1. The Bertz CT molecular complexity index is 1100. The Balaban J connectivity index is 1.54. The standard InChI is InChI=1S/C16H14ClN3O6S2/c1-8-5-11-12(24-7-23-11)6-10(8)25-19-16-13(3-4-27-16)28(21,22)20-15-14(17)9(2)18-26-15/h3-6,13,20H,7H2,1-2H3. The van der Waals surface area contributed by atoms with Gasteiger partial charge in [0.15, 0.2) is 22.5 Å². The van der Waals surface area contributed by atoms with E-state index in [4.69, 9.17) is 30.4 Å². The zero-order valence-corrected chi connectivity index (χ0v) is 17.0. The zero-order chi connectivity index (χ0) is 19.9. The van der Waals surface area contributed by atoms with Gasteiger partial charge in [0.1, 0.15) is 15.8 Å². The van der Waals surface area contributed by atoms with E-state index in [9.17, 15) is 8.42 Å². The van der Waals surface area contributed by atoms with Crippen molar-refractivity contribution in [2.24, 2.45) is 5.16 Å². The molecule has 4 rings (SSSR count). The average molecular weight is 444 g/mol. The van der Waals surface area contributed by atoms with Gasteiger partial charge >= 0.3 is 0 Å². The van der Waals surface area contributed by atoms with E-state index in [0.717, 1.165) is 17.3 Å². The first-order valence-electron chi connectivity index (χ1n) is 7.97. The normalized spacial score (nSPS) is 19.4. The summed E-state index contributed by atoms with van der Waals surface area (Å²) < 4.78 is 43.3. The zero-order valence-electron chi connectivity index (χ0n) is 14.6. The minimum atomic E-state index is -3.93. The number of halogens is 1. The highest BCUT2D eigenvalue weighted by Gasteiger charge is 2.34. The summed E-state index contributed by atoms with van der Waals surface area (Å²) >= 11 is 7.12. The van der Waals surface area contributed by atoms with Crippen LogP contribution in [0, 0.1) is 13.8 Å². The number of hydrogen-bond donors (Lipinski definition) is 1. The molecular formula is C16H14ClN3O6S2. The van der Waals surface area contributed by atoms with Gasteiger partial charge < -0.3 is 18.8 Å². The van der Waals surface area contributed by atoms with Crippen molar-refractivity contribution in [3.8, 4) is 17.2 Å². The number of oxime groups is 1. The highest BCUT2D eigenvalue weighted by atomic mass is 35.5. The van der Waals surface area contributed by atoms with Gasteiger partial charge in [-0.1, -0.05) is 39.8 Å². The number of anilines is 1. The van der Waals surface area contributed by atoms with Crippen molar-refractivity contribution in [2.75, 3.05) is 11.5 Å². The smallest absolute Gasteiger partial charge is 0.257 e. The van der Waals surface area contributed by atoms with Crippen LogP contribution in [0.5, 0.6) is 17.2 Å². The maximum absolute atomic E-state index is 12.7. The minimum Gasteiger partial charge on any atom is -0.454 e. The van der Waals surface area contributed by atoms with Gasteiger partial charge in [-0.05, 0) is 30.9 Å². The first kappa shape index (κ1) is 19.0. The van der Waals surface area contributed by atoms with E-state index < -0.39 is 15.3 Å². The van der Waals surface area contributed by atoms with Crippen molar-refractivity contribution in [2.45, 2.75) is 19.1 Å². The molecule has 1 aromatic heterocycles. The third-order valence-electron chi connectivity index (χ3n) is 3.95. The summed E-state index contributed by atoms with van der Waals surface area (Å²) in [6.07, 6.45) is 1.48. The molecule has 0 bridgehead atoms. The molecule has 0 radical (unpaired) electrons. The molecule has 2 aromatic rings. The van der Waals surface area contributed by atoms with E-state index in [1.54, 1.807) is 24.5 Å². The Morgan fingerprint density at radius 3 is 2.79 bits per heavy atom. The fourth-order valence-electron chi connectivity index (χ4n) is 2.47. The largest absolute Gasteiger partial charge is 0.454 e. The topological polar surface area (TPSA) is 112 Å². The number of ether oxygens (including phenoxy) is 2. The number of hydrogen-bond acceptors (Lipinski definition) is 9. The van der Waals surface area contributed by atoms with Crippen LogP contribution < -0.4 is 19.0 Å². The number of nitrogens with zero attached hydrogens (tertiary/aromatic N) is 2. The third-order valence-corrected chi connectivity index (χ3v) is 6.93. The van der Waals surface area contributed by atoms with E-state index in [1.807, 2.05) is 6.92 Å². The molecule has 0 fully saturated rings. The Hall–Kier alpha value is -2.37. The summed E-state index contributed by atoms with van der Waals surface area (Å²) in [5.41, 5.74) is 1.15. The van der Waals surface area contributed by atoms with Crippen molar-refractivity contribution >= 4 is 44.3 Å². The average Bonchev–Trinajstić information content (AvgIpc) is 3.36. The van der Waals surface area contributed by atoms with Crippen LogP contribution in [0.25, 0.3) is 0 Å². The van der Waals surface area contributed by atoms with Crippen LogP contribution in [-0.4, -0.2) is 30.7 Å². The number of nitrogens with one attached hydrogen (secondary N) is 1. The van der Waals surface area contributed by atoms with E-state index in [1.165, 1.54) is 6.08 Å². The molecule has 1 N–H and O–H groups in total. The van der Waals surface area contributed by atoms with Crippen molar-refractivity contribution in [1.29, 1.82) is 0 Å². The molecule has 2 aliphatic rings. The summed E-state index contributed by atoms with van der Waals surface area (Å²) in [4.78, 5) is 5.49. The van der Waals surface area contributed by atoms with Gasteiger partial charge in [0.05, 0.1) is 0 Å². The van der Waals surface area contributed by atoms with Crippen molar-refractivity contribution in [3.05, 3.63) is 39.9 Å². The first-order valence-corrected chi connectivity index (χ1v) is 10.8. The van der Waals surface area contributed by atoms with Gasteiger partial charge in [-0.15, -0.1) is 0 Å². The number of aryl methyl sites for hydroxylation is 2. The SMILES string of the molecule is Cc1cc2c(cc1ON=C1SC=CC1S(=O)(=O)Nc1onc(C)c1Cl)OCO2. The van der Waals surface area contributed by atoms with Gasteiger partial charge in [0, 0.05) is 6.07 Å². The molecule has 12 heteroatoms. The first-order chi connectivity index (χ1) is 13.3. The molecule has 2 aliphatic heterocycles. The summed E-state index contributed by atoms with van der Waals surface area (Å²) in [7, 11) is -3.93. The van der Waals surface area contributed by atoms with E-state index in [-0.39, 0.29) is 22.7 Å². The van der Waals surface area contributed by atoms with Crippen molar-refractivity contribution in [1.82, 2.24) is 5.16 Å². The predicted molar refractivity (Wildman–Crippen MR) is 105 cm³/mol. The van der Waals surface area contributed by atoms with E-state index in [2.05, 4.69) is 15.0 Å². The summed E-state index contributed by atoms with van der Waals surface area (Å²) in [6, 6.07) is 3.41. The van der Waals surface area contributed by atoms with Crippen LogP contribution in [0.2, 0.25) is 5.02 Å². The maximum Gasteiger partial charge on any atom is 0.257 e. The van der Waals surface area contributed by atoms with E-state index in [0.29, 0.717) is 22.9 Å². The van der Waals surface area contributed by atoms with Gasteiger partial charge in [-0.25, -0.2) is 13.1 Å². The van der Waals surface area contributed by atoms with Crippen molar-refractivity contribution in [3.63, 3.8) is 0 Å². The molecule has 1 aromatic carbocycles. The van der Waals surface area contributed by atoms with Crippen LogP contribution in [0.1, 0.15) is 11.3 Å². The lowest BCUT2D eigenvalue weighted by atomic mass is 10.2. The molecule has 1 unspecified atom stereocenters. The van der Waals surface area contributed by atoms with Crippen LogP contribution in [-0.2, 0) is 10.0 Å². The number of fused-ring (bicyclic) bond motifs is 1. The highest BCUT2D eigenvalue weighted by molar-refractivity contribution is 8.18.